The summed E-state index contributed by atoms with van der Waals surface area (Å²) in [5.74, 6) is -3.41. The molecule has 1 rings (SSSR count). The second-order valence-corrected chi connectivity index (χ2v) is 3.46. The number of esters is 1. The van der Waals surface area contributed by atoms with Crippen molar-refractivity contribution in [2.45, 2.75) is 12.2 Å². The fraction of sp³-hybridized carbons (Fsp3) is 0.273. The van der Waals surface area contributed by atoms with E-state index in [0.29, 0.717) is 0 Å². The number of aliphatic hydroxyl groups is 2. The zero-order valence-electron chi connectivity index (χ0n) is 9.33. The highest BCUT2D eigenvalue weighted by Crippen LogP contribution is 2.22. The summed E-state index contributed by atoms with van der Waals surface area (Å²) < 4.78 is 17.8. The second kappa shape index (κ2) is 5.56. The predicted molar refractivity (Wildman–Crippen MR) is 56.3 cm³/mol. The summed E-state index contributed by atoms with van der Waals surface area (Å²) in [6.07, 6.45) is -4.17. The summed E-state index contributed by atoms with van der Waals surface area (Å²) in [4.78, 5) is 21.7. The maximum Gasteiger partial charge on any atom is 0.337 e. The summed E-state index contributed by atoms with van der Waals surface area (Å²) in [6.45, 7) is 0. The van der Waals surface area contributed by atoms with Crippen molar-refractivity contribution in [1.82, 2.24) is 0 Å². The van der Waals surface area contributed by atoms with Gasteiger partial charge in [0.15, 0.2) is 6.10 Å². The molecule has 0 saturated carbocycles. The summed E-state index contributed by atoms with van der Waals surface area (Å²) >= 11 is 0. The van der Waals surface area contributed by atoms with Gasteiger partial charge in [-0.1, -0.05) is 0 Å². The lowest BCUT2D eigenvalue weighted by molar-refractivity contribution is -0.153. The first-order valence-corrected chi connectivity index (χ1v) is 4.85. The Hall–Kier alpha value is -1.99. The third-order valence-electron chi connectivity index (χ3n) is 2.29. The SMILES string of the molecule is COC(=O)c1ccc(F)c(C(O)C(O)C(=O)O)c1. The molecule has 98 valence electrons. The van der Waals surface area contributed by atoms with Gasteiger partial charge in [0.05, 0.1) is 12.7 Å². The zero-order valence-corrected chi connectivity index (χ0v) is 9.33. The number of carbonyl (C=O) groups excluding carboxylic acids is 1. The van der Waals surface area contributed by atoms with Gasteiger partial charge in [-0.05, 0) is 18.2 Å². The molecule has 0 radical (unpaired) electrons. The van der Waals surface area contributed by atoms with Crippen molar-refractivity contribution in [3.63, 3.8) is 0 Å². The van der Waals surface area contributed by atoms with Crippen molar-refractivity contribution in [3.05, 3.63) is 35.1 Å². The quantitative estimate of drug-likeness (QED) is 0.661. The summed E-state index contributed by atoms with van der Waals surface area (Å²) in [6, 6.07) is 2.92. The summed E-state index contributed by atoms with van der Waals surface area (Å²) in [7, 11) is 1.12. The van der Waals surface area contributed by atoms with E-state index in [-0.39, 0.29) is 5.56 Å². The van der Waals surface area contributed by atoms with Crippen LogP contribution in [0.25, 0.3) is 0 Å². The van der Waals surface area contributed by atoms with Gasteiger partial charge in [0.25, 0.3) is 0 Å². The number of hydrogen-bond acceptors (Lipinski definition) is 5. The molecule has 0 aliphatic carbocycles. The molecule has 6 nitrogen and oxygen atoms in total. The monoisotopic (exact) mass is 258 g/mol. The van der Waals surface area contributed by atoms with Crippen LogP contribution in [-0.2, 0) is 9.53 Å². The van der Waals surface area contributed by atoms with Crippen LogP contribution in [0.3, 0.4) is 0 Å². The number of ether oxygens (including phenoxy) is 1. The topological polar surface area (TPSA) is 104 Å². The van der Waals surface area contributed by atoms with E-state index in [1.165, 1.54) is 0 Å². The molecule has 18 heavy (non-hydrogen) atoms. The van der Waals surface area contributed by atoms with Gasteiger partial charge in [0, 0.05) is 5.56 Å². The van der Waals surface area contributed by atoms with Crippen LogP contribution in [0.15, 0.2) is 18.2 Å². The zero-order chi connectivity index (χ0) is 13.9. The molecule has 1 aromatic carbocycles. The Morgan fingerprint density at radius 2 is 1.94 bits per heavy atom. The third-order valence-corrected chi connectivity index (χ3v) is 2.29. The lowest BCUT2D eigenvalue weighted by Gasteiger charge is -2.15. The lowest BCUT2D eigenvalue weighted by Crippen LogP contribution is -2.28. The number of carboxylic acid groups (broad SMARTS) is 1. The molecule has 0 bridgehead atoms. The average Bonchev–Trinajstić information content (AvgIpc) is 2.36. The van der Waals surface area contributed by atoms with Crippen molar-refractivity contribution in [3.8, 4) is 0 Å². The molecule has 0 fully saturated rings. The van der Waals surface area contributed by atoms with E-state index in [0.717, 1.165) is 25.3 Å². The van der Waals surface area contributed by atoms with Gasteiger partial charge >= 0.3 is 11.9 Å². The van der Waals surface area contributed by atoms with E-state index >= 15 is 0 Å². The molecule has 0 amide bonds. The molecular formula is C11H11FO6. The van der Waals surface area contributed by atoms with E-state index in [1.54, 1.807) is 0 Å². The minimum Gasteiger partial charge on any atom is -0.479 e. The Morgan fingerprint density at radius 3 is 2.44 bits per heavy atom. The van der Waals surface area contributed by atoms with Gasteiger partial charge in [-0.3, -0.25) is 0 Å². The van der Waals surface area contributed by atoms with Crippen molar-refractivity contribution < 1.29 is 34.0 Å². The maximum atomic E-state index is 13.4. The molecule has 0 aromatic heterocycles. The van der Waals surface area contributed by atoms with Gasteiger partial charge in [-0.15, -0.1) is 0 Å². The second-order valence-electron chi connectivity index (χ2n) is 3.46. The molecule has 0 spiro atoms. The number of hydrogen-bond donors (Lipinski definition) is 3. The van der Waals surface area contributed by atoms with Crippen molar-refractivity contribution >= 4 is 11.9 Å². The number of aliphatic carboxylic acids is 1. The molecule has 0 aliphatic rings. The van der Waals surface area contributed by atoms with Crippen LogP contribution in [0, 0.1) is 5.82 Å². The fourth-order valence-electron chi connectivity index (χ4n) is 1.32. The Morgan fingerprint density at radius 1 is 1.33 bits per heavy atom. The van der Waals surface area contributed by atoms with E-state index in [2.05, 4.69) is 4.74 Å². The first kappa shape index (κ1) is 14.1. The fourth-order valence-corrected chi connectivity index (χ4v) is 1.32. The van der Waals surface area contributed by atoms with Crippen LogP contribution in [-0.4, -0.2) is 40.5 Å². The summed E-state index contributed by atoms with van der Waals surface area (Å²) in [5, 5.41) is 27.1. The normalized spacial score (nSPS) is 13.8. The van der Waals surface area contributed by atoms with Gasteiger partial charge in [-0.2, -0.15) is 0 Å². The molecule has 2 atom stereocenters. The van der Waals surface area contributed by atoms with Crippen LogP contribution < -0.4 is 0 Å². The number of carbonyl (C=O) groups is 2. The van der Waals surface area contributed by atoms with Crippen molar-refractivity contribution in [2.24, 2.45) is 0 Å². The number of carboxylic acids is 1. The standard InChI is InChI=1S/C11H11FO6/c1-18-11(17)5-2-3-7(12)6(4-5)8(13)9(14)10(15)16/h2-4,8-9,13-14H,1H3,(H,15,16). The Bertz CT molecular complexity index is 473. The van der Waals surface area contributed by atoms with Gasteiger partial charge < -0.3 is 20.1 Å². The highest BCUT2D eigenvalue weighted by atomic mass is 19.1. The van der Waals surface area contributed by atoms with E-state index < -0.39 is 35.5 Å². The maximum absolute atomic E-state index is 13.4. The lowest BCUT2D eigenvalue weighted by atomic mass is 10.0. The highest BCUT2D eigenvalue weighted by Gasteiger charge is 2.28. The molecule has 7 heteroatoms. The van der Waals surface area contributed by atoms with Crippen LogP contribution in [0.5, 0.6) is 0 Å². The largest absolute Gasteiger partial charge is 0.479 e. The van der Waals surface area contributed by atoms with Crippen LogP contribution in [0.2, 0.25) is 0 Å². The molecule has 0 heterocycles. The molecular weight excluding hydrogens is 247 g/mol. The third kappa shape index (κ3) is 2.82. The van der Waals surface area contributed by atoms with Crippen LogP contribution >= 0.6 is 0 Å². The molecule has 3 N–H and O–H groups in total. The first-order valence-electron chi connectivity index (χ1n) is 4.85. The first-order chi connectivity index (χ1) is 8.38. The minimum absolute atomic E-state index is 0.0643. The Labute approximate surface area is 101 Å². The van der Waals surface area contributed by atoms with E-state index in [1.807, 2.05) is 0 Å². The Kier molecular flexibility index (Phi) is 4.35. The number of methoxy groups -OCH3 is 1. The van der Waals surface area contributed by atoms with Crippen molar-refractivity contribution in [1.29, 1.82) is 0 Å². The van der Waals surface area contributed by atoms with E-state index in [4.69, 9.17) is 10.2 Å². The summed E-state index contributed by atoms with van der Waals surface area (Å²) in [5.41, 5.74) is -0.557. The van der Waals surface area contributed by atoms with Crippen molar-refractivity contribution in [2.75, 3.05) is 7.11 Å². The highest BCUT2D eigenvalue weighted by molar-refractivity contribution is 5.89. The van der Waals surface area contributed by atoms with E-state index in [9.17, 15) is 19.1 Å². The molecule has 1 aromatic rings. The average molecular weight is 258 g/mol. The minimum atomic E-state index is -2.19. The predicted octanol–water partition coefficient (Wildman–Crippen LogP) is 0.0912. The number of rotatable bonds is 4. The number of benzene rings is 1. The molecule has 0 saturated heterocycles. The van der Waals surface area contributed by atoms with Gasteiger partial charge in [-0.25, -0.2) is 14.0 Å². The smallest absolute Gasteiger partial charge is 0.337 e. The molecule has 0 aliphatic heterocycles. The van der Waals surface area contributed by atoms with Gasteiger partial charge in [0.1, 0.15) is 11.9 Å². The molecule has 2 unspecified atom stereocenters. The number of halogens is 1. The number of aliphatic hydroxyl groups excluding tert-OH is 2. The van der Waals surface area contributed by atoms with Gasteiger partial charge in [0.2, 0.25) is 0 Å². The van der Waals surface area contributed by atoms with Crippen LogP contribution in [0.1, 0.15) is 22.0 Å². The van der Waals surface area contributed by atoms with Crippen LogP contribution in [0.4, 0.5) is 4.39 Å². The Balaban J connectivity index is 3.15.